The molecule has 7 heteroatoms. The Morgan fingerprint density at radius 2 is 1.71 bits per heavy atom. The fraction of sp³-hybridized carbons (Fsp3) is 0.429. The van der Waals surface area contributed by atoms with Gasteiger partial charge in [-0.2, -0.15) is 0 Å². The van der Waals surface area contributed by atoms with Gasteiger partial charge in [0.05, 0.1) is 13.7 Å². The third-order valence-electron chi connectivity index (χ3n) is 6.54. The van der Waals surface area contributed by atoms with Crippen molar-refractivity contribution in [1.82, 2.24) is 20.1 Å². The molecule has 0 unspecified atom stereocenters. The largest absolute Gasteiger partial charge is 0.497 e. The second-order valence-electron chi connectivity index (χ2n) is 8.96. The minimum atomic E-state index is -0.0789. The van der Waals surface area contributed by atoms with Crippen LogP contribution in [-0.2, 0) is 13.1 Å². The van der Waals surface area contributed by atoms with E-state index in [0.717, 1.165) is 60.4 Å². The first-order chi connectivity index (χ1) is 16.8. The number of nitrogens with zero attached hydrogens (tertiary/aromatic N) is 2. The number of aromatic amines is 1. The molecule has 0 aliphatic heterocycles. The summed E-state index contributed by atoms with van der Waals surface area (Å²) in [5.74, 6) is 0.814. The van der Waals surface area contributed by atoms with Gasteiger partial charge in [-0.3, -0.25) is 4.79 Å². The molecule has 1 heterocycles. The number of fused-ring (bicyclic) bond motifs is 1. The van der Waals surface area contributed by atoms with E-state index in [4.69, 9.17) is 17.0 Å². The molecule has 0 saturated heterocycles. The molecule has 0 bridgehead atoms. The Kier molecular flexibility index (Phi) is 9.69. The first-order valence-corrected chi connectivity index (χ1v) is 12.8. The average Bonchev–Trinajstić information content (AvgIpc) is 2.85. The lowest BCUT2D eigenvalue weighted by atomic mass is 10.0. The quantitative estimate of drug-likeness (QED) is 0.296. The molecule has 0 radical (unpaired) electrons. The molecule has 0 fully saturated rings. The van der Waals surface area contributed by atoms with E-state index in [-0.39, 0.29) is 5.56 Å². The van der Waals surface area contributed by atoms with E-state index < -0.39 is 0 Å². The van der Waals surface area contributed by atoms with E-state index in [9.17, 15) is 4.79 Å². The molecule has 6 nitrogen and oxygen atoms in total. The van der Waals surface area contributed by atoms with Gasteiger partial charge in [-0.15, -0.1) is 0 Å². The summed E-state index contributed by atoms with van der Waals surface area (Å²) in [6.07, 6.45) is 1.01. The zero-order valence-electron chi connectivity index (χ0n) is 21.6. The van der Waals surface area contributed by atoms with Crippen LogP contribution >= 0.6 is 12.2 Å². The number of hydrogen-bond donors (Lipinski definition) is 2. The molecule has 0 spiro atoms. The highest BCUT2D eigenvalue weighted by Gasteiger charge is 2.15. The number of aryl methyl sites for hydroxylation is 2. The van der Waals surface area contributed by atoms with Crippen LogP contribution in [0.4, 0.5) is 0 Å². The van der Waals surface area contributed by atoms with Crippen molar-refractivity contribution < 1.29 is 4.74 Å². The van der Waals surface area contributed by atoms with Crippen LogP contribution in [0.1, 0.15) is 42.5 Å². The lowest BCUT2D eigenvalue weighted by Crippen LogP contribution is -2.41. The molecule has 3 aromatic rings. The van der Waals surface area contributed by atoms with E-state index in [2.05, 4.69) is 53.9 Å². The molecule has 0 aliphatic carbocycles. The molecular formula is C28H38N4O2S. The number of benzene rings is 2. The van der Waals surface area contributed by atoms with Crippen LogP contribution in [0.5, 0.6) is 5.75 Å². The third kappa shape index (κ3) is 7.29. The van der Waals surface area contributed by atoms with Crippen molar-refractivity contribution in [3.63, 3.8) is 0 Å². The smallest absolute Gasteiger partial charge is 0.253 e. The SMILES string of the molecule is CCN(CC)CCCNC(=S)N(Cc1ccc(OC)cc1)Cc1cc2cc(C)c(C)cc2[nH]c1=O. The number of aromatic nitrogens is 1. The second-order valence-corrected chi connectivity index (χ2v) is 9.35. The predicted octanol–water partition coefficient (Wildman–Crippen LogP) is 4.76. The number of methoxy groups -OCH3 is 1. The van der Waals surface area contributed by atoms with Crippen molar-refractivity contribution >= 4 is 28.2 Å². The van der Waals surface area contributed by atoms with Crippen molar-refractivity contribution in [3.05, 3.63) is 75.1 Å². The highest BCUT2D eigenvalue weighted by Crippen LogP contribution is 2.19. The van der Waals surface area contributed by atoms with Crippen molar-refractivity contribution in [1.29, 1.82) is 0 Å². The van der Waals surface area contributed by atoms with Crippen LogP contribution in [-0.4, -0.2) is 53.2 Å². The van der Waals surface area contributed by atoms with Crippen molar-refractivity contribution in [3.8, 4) is 5.75 Å². The highest BCUT2D eigenvalue weighted by atomic mass is 32.1. The molecule has 2 N–H and O–H groups in total. The predicted molar refractivity (Wildman–Crippen MR) is 149 cm³/mol. The minimum absolute atomic E-state index is 0.0789. The van der Waals surface area contributed by atoms with Crippen LogP contribution < -0.4 is 15.6 Å². The first kappa shape index (κ1) is 26.7. The average molecular weight is 495 g/mol. The number of hydrogen-bond acceptors (Lipinski definition) is 4. The van der Waals surface area contributed by atoms with Gasteiger partial charge >= 0.3 is 0 Å². The maximum atomic E-state index is 13.0. The zero-order chi connectivity index (χ0) is 25.4. The van der Waals surface area contributed by atoms with Gasteiger partial charge in [0.2, 0.25) is 0 Å². The lowest BCUT2D eigenvalue weighted by Gasteiger charge is -2.26. The Bertz CT molecular complexity index is 1190. The Balaban J connectivity index is 1.80. The van der Waals surface area contributed by atoms with E-state index in [1.54, 1.807) is 7.11 Å². The number of pyridine rings is 1. The highest BCUT2D eigenvalue weighted by molar-refractivity contribution is 7.80. The third-order valence-corrected chi connectivity index (χ3v) is 6.94. The fourth-order valence-corrected chi connectivity index (χ4v) is 4.38. The Hall–Kier alpha value is -2.90. The number of ether oxygens (including phenoxy) is 1. The van der Waals surface area contributed by atoms with E-state index in [1.165, 1.54) is 5.56 Å². The van der Waals surface area contributed by atoms with Gasteiger partial charge < -0.3 is 24.8 Å². The second kappa shape index (κ2) is 12.7. The van der Waals surface area contributed by atoms with Crippen LogP contribution in [0.2, 0.25) is 0 Å². The molecule has 0 amide bonds. The molecule has 0 saturated carbocycles. The maximum absolute atomic E-state index is 13.0. The normalized spacial score (nSPS) is 11.1. The van der Waals surface area contributed by atoms with Crippen molar-refractivity contribution in [2.75, 3.05) is 33.3 Å². The van der Waals surface area contributed by atoms with E-state index >= 15 is 0 Å². The molecule has 35 heavy (non-hydrogen) atoms. The Morgan fingerprint density at radius 1 is 1.03 bits per heavy atom. The summed E-state index contributed by atoms with van der Waals surface area (Å²) in [7, 11) is 1.66. The summed E-state index contributed by atoms with van der Waals surface area (Å²) < 4.78 is 5.29. The Morgan fingerprint density at radius 3 is 2.37 bits per heavy atom. The maximum Gasteiger partial charge on any atom is 0.253 e. The number of nitrogens with one attached hydrogen (secondary N) is 2. The van der Waals surface area contributed by atoms with Gasteiger partial charge in [0.15, 0.2) is 5.11 Å². The van der Waals surface area contributed by atoms with Crippen molar-refractivity contribution in [2.24, 2.45) is 0 Å². The molecule has 0 aliphatic rings. The zero-order valence-corrected chi connectivity index (χ0v) is 22.4. The van der Waals surface area contributed by atoms with Gasteiger partial charge in [0.1, 0.15) is 5.75 Å². The number of rotatable bonds is 11. The summed E-state index contributed by atoms with van der Waals surface area (Å²) in [4.78, 5) is 20.5. The van der Waals surface area contributed by atoms with Crippen LogP contribution in [0, 0.1) is 13.8 Å². The standard InChI is InChI=1S/C28H38N4O2S/c1-6-31(7-2)14-8-13-29-28(35)32(18-22-9-11-25(34-5)12-10-22)19-24-17-23-15-20(3)21(4)16-26(23)30-27(24)33/h9-12,15-17H,6-8,13-14,18-19H2,1-5H3,(H,29,35)(H,30,33). The molecule has 1 aromatic heterocycles. The van der Waals surface area contributed by atoms with Crippen molar-refractivity contribution in [2.45, 2.75) is 47.2 Å². The Labute approximate surface area is 214 Å². The van der Waals surface area contributed by atoms with Gasteiger partial charge in [-0.1, -0.05) is 26.0 Å². The number of H-pyrrole nitrogens is 1. The summed E-state index contributed by atoms with van der Waals surface area (Å²) in [5, 5.41) is 5.10. The van der Waals surface area contributed by atoms with Gasteiger partial charge in [-0.05, 0) is 105 Å². The van der Waals surface area contributed by atoms with Gasteiger partial charge in [0, 0.05) is 24.2 Å². The summed E-state index contributed by atoms with van der Waals surface area (Å²) >= 11 is 5.80. The first-order valence-electron chi connectivity index (χ1n) is 12.4. The summed E-state index contributed by atoms with van der Waals surface area (Å²) in [5.41, 5.74) is 4.95. The topological polar surface area (TPSA) is 60.6 Å². The molecule has 2 aromatic carbocycles. The monoisotopic (exact) mass is 494 g/mol. The minimum Gasteiger partial charge on any atom is -0.497 e. The molecular weight excluding hydrogens is 456 g/mol. The van der Waals surface area contributed by atoms with Gasteiger partial charge in [0.25, 0.3) is 5.56 Å². The molecule has 3 rings (SSSR count). The molecule has 0 atom stereocenters. The van der Waals surface area contributed by atoms with Gasteiger partial charge in [-0.25, -0.2) is 0 Å². The van der Waals surface area contributed by atoms with E-state index in [0.29, 0.717) is 23.8 Å². The summed E-state index contributed by atoms with van der Waals surface area (Å²) in [6, 6.07) is 14.1. The van der Waals surface area contributed by atoms with Crippen LogP contribution in [0.25, 0.3) is 10.9 Å². The van der Waals surface area contributed by atoms with Crippen LogP contribution in [0.3, 0.4) is 0 Å². The van der Waals surface area contributed by atoms with Crippen LogP contribution in [0.15, 0.2) is 47.3 Å². The fourth-order valence-electron chi connectivity index (χ4n) is 4.15. The summed E-state index contributed by atoms with van der Waals surface area (Å²) in [6.45, 7) is 13.5. The lowest BCUT2D eigenvalue weighted by molar-refractivity contribution is 0.299. The van der Waals surface area contributed by atoms with E-state index in [1.807, 2.05) is 36.4 Å². The number of thiocarbonyl (C=S) groups is 1. The molecule has 188 valence electrons.